The molecule has 1 rings (SSSR count). The van der Waals surface area contributed by atoms with Gasteiger partial charge in [-0.2, -0.15) is 0 Å². The van der Waals surface area contributed by atoms with Gasteiger partial charge < -0.3 is 9.47 Å². The smallest absolute Gasteiger partial charge is 0.310 e. The zero-order valence-corrected chi connectivity index (χ0v) is 16.4. The van der Waals surface area contributed by atoms with E-state index in [1.807, 2.05) is 27.7 Å². The summed E-state index contributed by atoms with van der Waals surface area (Å²) < 4.78 is 11.5. The minimum absolute atomic E-state index is 0.233. The fourth-order valence-corrected chi connectivity index (χ4v) is 3.70. The van der Waals surface area contributed by atoms with E-state index < -0.39 is 11.2 Å². The SMILES string of the molecule is CCCC(C)(C)OC(=O)C1CCCCC1C(=O)OC(C)(C)CCC. The summed E-state index contributed by atoms with van der Waals surface area (Å²) in [6, 6.07) is 0. The van der Waals surface area contributed by atoms with Crippen molar-refractivity contribution in [3.05, 3.63) is 0 Å². The molecule has 0 aromatic heterocycles. The lowest BCUT2D eigenvalue weighted by atomic mass is 9.79. The van der Waals surface area contributed by atoms with Gasteiger partial charge in [-0.1, -0.05) is 39.5 Å². The quantitative estimate of drug-likeness (QED) is 0.581. The highest BCUT2D eigenvalue weighted by atomic mass is 16.6. The molecule has 0 heterocycles. The zero-order valence-electron chi connectivity index (χ0n) is 16.4. The summed E-state index contributed by atoms with van der Waals surface area (Å²) in [7, 11) is 0. The van der Waals surface area contributed by atoms with E-state index in [0.29, 0.717) is 0 Å². The van der Waals surface area contributed by atoms with Crippen LogP contribution in [-0.2, 0) is 19.1 Å². The summed E-state index contributed by atoms with van der Waals surface area (Å²) in [6.07, 6.45) is 6.94. The van der Waals surface area contributed by atoms with E-state index in [0.717, 1.165) is 51.4 Å². The summed E-state index contributed by atoms with van der Waals surface area (Å²) in [5, 5.41) is 0. The van der Waals surface area contributed by atoms with Crippen molar-refractivity contribution in [2.45, 2.75) is 104 Å². The molecule has 1 fully saturated rings. The molecule has 1 saturated carbocycles. The highest BCUT2D eigenvalue weighted by Crippen LogP contribution is 2.35. The highest BCUT2D eigenvalue weighted by molar-refractivity contribution is 5.82. The van der Waals surface area contributed by atoms with E-state index in [9.17, 15) is 9.59 Å². The number of ether oxygens (including phenoxy) is 2. The van der Waals surface area contributed by atoms with Crippen molar-refractivity contribution in [3.63, 3.8) is 0 Å². The Balaban J connectivity index is 2.77. The maximum Gasteiger partial charge on any atom is 0.310 e. The molecule has 24 heavy (non-hydrogen) atoms. The molecule has 0 radical (unpaired) electrons. The van der Waals surface area contributed by atoms with Gasteiger partial charge >= 0.3 is 11.9 Å². The van der Waals surface area contributed by atoms with Crippen molar-refractivity contribution in [2.24, 2.45) is 11.8 Å². The standard InChI is InChI=1S/C20H36O4/c1-7-13-19(3,4)23-17(21)15-11-9-10-12-16(15)18(22)24-20(5,6)14-8-2/h15-16H,7-14H2,1-6H3. The molecule has 0 aromatic rings. The van der Waals surface area contributed by atoms with Gasteiger partial charge in [0, 0.05) is 0 Å². The van der Waals surface area contributed by atoms with Crippen molar-refractivity contribution in [1.82, 2.24) is 0 Å². The Morgan fingerprint density at radius 2 is 1.12 bits per heavy atom. The van der Waals surface area contributed by atoms with Crippen LogP contribution in [0.25, 0.3) is 0 Å². The summed E-state index contributed by atoms with van der Waals surface area (Å²) >= 11 is 0. The fourth-order valence-electron chi connectivity index (χ4n) is 3.70. The second-order valence-electron chi connectivity index (χ2n) is 8.36. The van der Waals surface area contributed by atoms with Gasteiger partial charge in [0.1, 0.15) is 11.2 Å². The molecule has 0 spiro atoms. The number of hydrogen-bond donors (Lipinski definition) is 0. The number of rotatable bonds is 8. The van der Waals surface area contributed by atoms with E-state index in [1.165, 1.54) is 0 Å². The Labute approximate surface area is 147 Å². The number of hydrogen-bond acceptors (Lipinski definition) is 4. The average Bonchev–Trinajstić information content (AvgIpc) is 2.45. The van der Waals surface area contributed by atoms with Gasteiger partial charge in [-0.25, -0.2) is 0 Å². The lowest BCUT2D eigenvalue weighted by Gasteiger charge is -2.34. The van der Waals surface area contributed by atoms with Gasteiger partial charge in [-0.15, -0.1) is 0 Å². The molecule has 0 N–H and O–H groups in total. The van der Waals surface area contributed by atoms with Crippen LogP contribution in [0.4, 0.5) is 0 Å². The van der Waals surface area contributed by atoms with Crippen LogP contribution in [0.3, 0.4) is 0 Å². The summed E-state index contributed by atoms with van der Waals surface area (Å²) in [6.45, 7) is 11.9. The number of carbonyl (C=O) groups excluding carboxylic acids is 2. The molecule has 0 saturated heterocycles. The van der Waals surface area contributed by atoms with E-state index in [4.69, 9.17) is 9.47 Å². The topological polar surface area (TPSA) is 52.6 Å². The maximum atomic E-state index is 12.7. The van der Waals surface area contributed by atoms with Gasteiger partial charge in [0.05, 0.1) is 11.8 Å². The van der Waals surface area contributed by atoms with Crippen LogP contribution >= 0.6 is 0 Å². The maximum absolute atomic E-state index is 12.7. The minimum Gasteiger partial charge on any atom is -0.459 e. The van der Waals surface area contributed by atoms with Gasteiger partial charge in [0.25, 0.3) is 0 Å². The molecule has 1 aliphatic rings. The van der Waals surface area contributed by atoms with E-state index in [-0.39, 0.29) is 23.8 Å². The Morgan fingerprint density at radius 1 is 0.792 bits per heavy atom. The van der Waals surface area contributed by atoms with Crippen LogP contribution in [0.5, 0.6) is 0 Å². The summed E-state index contributed by atoms with van der Waals surface area (Å²) in [5.41, 5.74) is -0.946. The van der Waals surface area contributed by atoms with E-state index in [1.54, 1.807) is 0 Å². The van der Waals surface area contributed by atoms with Crippen molar-refractivity contribution in [3.8, 4) is 0 Å². The Hall–Kier alpha value is -1.06. The van der Waals surface area contributed by atoms with Crippen LogP contribution in [0.1, 0.15) is 92.9 Å². The van der Waals surface area contributed by atoms with Gasteiger partial charge in [-0.3, -0.25) is 9.59 Å². The largest absolute Gasteiger partial charge is 0.459 e. The normalized spacial score (nSPS) is 22.1. The van der Waals surface area contributed by atoms with Crippen LogP contribution in [0.15, 0.2) is 0 Å². The Morgan fingerprint density at radius 3 is 1.42 bits per heavy atom. The first-order chi connectivity index (χ1) is 11.1. The van der Waals surface area contributed by atoms with Crippen molar-refractivity contribution >= 4 is 11.9 Å². The van der Waals surface area contributed by atoms with Crippen LogP contribution < -0.4 is 0 Å². The van der Waals surface area contributed by atoms with Crippen molar-refractivity contribution in [2.75, 3.05) is 0 Å². The third-order valence-electron chi connectivity index (χ3n) is 4.83. The molecule has 2 unspecified atom stereocenters. The van der Waals surface area contributed by atoms with Crippen LogP contribution in [0, 0.1) is 11.8 Å². The minimum atomic E-state index is -0.473. The molecule has 4 nitrogen and oxygen atoms in total. The highest BCUT2D eigenvalue weighted by Gasteiger charge is 2.41. The predicted octanol–water partition coefficient (Wildman–Crippen LogP) is 5.04. The Kier molecular flexibility index (Phi) is 7.75. The third kappa shape index (κ3) is 6.45. The van der Waals surface area contributed by atoms with Gasteiger partial charge in [0.15, 0.2) is 0 Å². The van der Waals surface area contributed by atoms with Crippen LogP contribution in [-0.4, -0.2) is 23.1 Å². The molecular formula is C20H36O4. The first-order valence-electron chi connectivity index (χ1n) is 9.57. The monoisotopic (exact) mass is 340 g/mol. The summed E-state index contributed by atoms with van der Waals surface area (Å²) in [4.78, 5) is 25.3. The molecule has 4 heteroatoms. The Bertz CT molecular complexity index is 385. The molecule has 2 atom stereocenters. The summed E-state index contributed by atoms with van der Waals surface area (Å²) in [5.74, 6) is -1.19. The molecule has 0 aromatic carbocycles. The molecule has 140 valence electrons. The molecule has 0 aliphatic heterocycles. The lowest BCUT2D eigenvalue weighted by molar-refractivity contribution is -0.177. The van der Waals surface area contributed by atoms with Crippen molar-refractivity contribution in [1.29, 1.82) is 0 Å². The number of carbonyl (C=O) groups is 2. The lowest BCUT2D eigenvalue weighted by Crippen LogP contribution is -2.41. The van der Waals surface area contributed by atoms with Crippen molar-refractivity contribution < 1.29 is 19.1 Å². The molecule has 1 aliphatic carbocycles. The zero-order chi connectivity index (χ0) is 18.4. The molecule has 0 amide bonds. The van der Waals surface area contributed by atoms with Crippen LogP contribution in [0.2, 0.25) is 0 Å². The predicted molar refractivity (Wildman–Crippen MR) is 95.6 cm³/mol. The van der Waals surface area contributed by atoms with E-state index >= 15 is 0 Å². The first-order valence-corrected chi connectivity index (χ1v) is 9.57. The first kappa shape index (κ1) is 21.0. The molecule has 0 bridgehead atoms. The fraction of sp³-hybridized carbons (Fsp3) is 0.900. The van der Waals surface area contributed by atoms with Gasteiger partial charge in [-0.05, 0) is 53.4 Å². The number of esters is 2. The average molecular weight is 341 g/mol. The third-order valence-corrected chi connectivity index (χ3v) is 4.83. The second kappa shape index (κ2) is 8.87. The molecular weight excluding hydrogens is 304 g/mol. The van der Waals surface area contributed by atoms with E-state index in [2.05, 4.69) is 13.8 Å². The van der Waals surface area contributed by atoms with Gasteiger partial charge in [0.2, 0.25) is 0 Å². The second-order valence-corrected chi connectivity index (χ2v) is 8.36.